The molecule has 0 saturated carbocycles. The summed E-state index contributed by atoms with van der Waals surface area (Å²) in [4.78, 5) is 48.8. The molecule has 2 aromatic rings. The van der Waals surface area contributed by atoms with Gasteiger partial charge in [0.2, 0.25) is 17.7 Å². The van der Waals surface area contributed by atoms with Crippen LogP contribution < -0.4 is 4.90 Å². The summed E-state index contributed by atoms with van der Waals surface area (Å²) in [6, 6.07) is 17.7. The fraction of sp³-hybridized carbons (Fsp3) is 0.441. The van der Waals surface area contributed by atoms with Crippen LogP contribution in [0.2, 0.25) is 0 Å². The number of carbonyl (C=O) groups is 3. The van der Waals surface area contributed by atoms with Gasteiger partial charge in [0.15, 0.2) is 0 Å². The predicted octanol–water partition coefficient (Wildman–Crippen LogP) is 4.32. The van der Waals surface area contributed by atoms with E-state index in [1.54, 1.807) is 38.6 Å². The largest absolute Gasteiger partial charge is 0.394 e. The zero-order chi connectivity index (χ0) is 30.0. The van der Waals surface area contributed by atoms with E-state index in [2.05, 4.69) is 13.2 Å². The van der Waals surface area contributed by atoms with Crippen molar-refractivity contribution < 1.29 is 19.5 Å². The van der Waals surface area contributed by atoms with Crippen molar-refractivity contribution in [3.63, 3.8) is 0 Å². The molecule has 3 saturated heterocycles. The molecule has 8 heteroatoms. The first-order chi connectivity index (χ1) is 20.3. The van der Waals surface area contributed by atoms with E-state index in [1.165, 1.54) is 0 Å². The predicted molar refractivity (Wildman–Crippen MR) is 168 cm³/mol. The van der Waals surface area contributed by atoms with Gasteiger partial charge in [-0.1, -0.05) is 60.7 Å². The number of anilines is 1. The second-order valence-corrected chi connectivity index (χ2v) is 13.4. The highest BCUT2D eigenvalue weighted by Gasteiger charge is 2.74. The van der Waals surface area contributed by atoms with E-state index in [-0.39, 0.29) is 35.6 Å². The second kappa shape index (κ2) is 12.5. The molecular formula is C34H41N3O4S. The van der Waals surface area contributed by atoms with Crippen LogP contribution in [-0.2, 0) is 20.8 Å². The Morgan fingerprint density at radius 1 is 1.05 bits per heavy atom. The number of amides is 3. The number of benzene rings is 2. The van der Waals surface area contributed by atoms with Gasteiger partial charge in [-0.05, 0) is 50.8 Å². The molecule has 3 aliphatic rings. The lowest BCUT2D eigenvalue weighted by Crippen LogP contribution is -2.59. The van der Waals surface area contributed by atoms with Gasteiger partial charge in [-0.2, -0.15) is 0 Å². The van der Waals surface area contributed by atoms with Crippen LogP contribution in [0.1, 0.15) is 32.3 Å². The summed E-state index contributed by atoms with van der Waals surface area (Å²) in [5.74, 6) is -1.67. The van der Waals surface area contributed by atoms with Crippen molar-refractivity contribution in [1.29, 1.82) is 0 Å². The standard InChI is InChI=1S/C34H41N3O4S/c1-5-19-35(23(3)4)33(41)30-34-18-17-27(42-34)28(31(39)36(20-6-2)25-15-11-8-12-16-25)29(34)32(40)37(30)26(22-38)21-24-13-9-7-10-14-24/h5-16,23,26-30,38H,1-2,17-22H2,3-4H3/t26-,27+,28-,29+,30?,34?/m1/s1. The average molecular weight is 588 g/mol. The van der Waals surface area contributed by atoms with E-state index in [4.69, 9.17) is 0 Å². The third kappa shape index (κ3) is 5.09. The van der Waals surface area contributed by atoms with E-state index in [9.17, 15) is 19.5 Å². The van der Waals surface area contributed by atoms with Crippen LogP contribution in [0.4, 0.5) is 5.69 Å². The van der Waals surface area contributed by atoms with Crippen LogP contribution in [0.5, 0.6) is 0 Å². The summed E-state index contributed by atoms with van der Waals surface area (Å²) in [5, 5.41) is 10.6. The number of carbonyl (C=O) groups excluding carboxylic acids is 3. The fourth-order valence-electron chi connectivity index (χ4n) is 7.27. The van der Waals surface area contributed by atoms with Crippen molar-refractivity contribution >= 4 is 35.2 Å². The lowest BCUT2D eigenvalue weighted by Gasteiger charge is -2.40. The molecule has 0 aliphatic carbocycles. The number of likely N-dealkylation sites (tertiary alicyclic amines) is 1. The summed E-state index contributed by atoms with van der Waals surface area (Å²) in [5.41, 5.74) is 1.73. The Morgan fingerprint density at radius 3 is 2.29 bits per heavy atom. The minimum absolute atomic E-state index is 0.0615. The van der Waals surface area contributed by atoms with Crippen LogP contribution in [0.15, 0.2) is 86.0 Å². The summed E-state index contributed by atoms with van der Waals surface area (Å²) in [6.45, 7) is 12.1. The molecule has 222 valence electrons. The third-order valence-electron chi connectivity index (χ3n) is 9.05. The molecule has 3 fully saturated rings. The number of hydrogen-bond acceptors (Lipinski definition) is 5. The number of aliphatic hydroxyl groups is 1. The Kier molecular flexibility index (Phi) is 8.94. The minimum Gasteiger partial charge on any atom is -0.394 e. The maximum absolute atomic E-state index is 14.7. The van der Waals surface area contributed by atoms with Crippen LogP contribution in [-0.4, -0.2) is 80.4 Å². The van der Waals surface area contributed by atoms with Gasteiger partial charge < -0.3 is 19.8 Å². The van der Waals surface area contributed by atoms with Crippen molar-refractivity contribution in [2.24, 2.45) is 11.8 Å². The quantitative estimate of drug-likeness (QED) is 0.374. The number of para-hydroxylation sites is 1. The monoisotopic (exact) mass is 587 g/mol. The highest BCUT2D eigenvalue weighted by atomic mass is 32.2. The first kappa shape index (κ1) is 30.1. The molecule has 3 amide bonds. The summed E-state index contributed by atoms with van der Waals surface area (Å²) in [7, 11) is 0. The zero-order valence-corrected chi connectivity index (χ0v) is 25.3. The molecule has 1 spiro atoms. The summed E-state index contributed by atoms with van der Waals surface area (Å²) >= 11 is 1.65. The summed E-state index contributed by atoms with van der Waals surface area (Å²) in [6.07, 6.45) is 5.25. The maximum Gasteiger partial charge on any atom is 0.247 e. The molecule has 0 radical (unpaired) electrons. The molecule has 2 aromatic carbocycles. The average Bonchev–Trinajstić information content (AvgIpc) is 3.65. The van der Waals surface area contributed by atoms with Crippen LogP contribution >= 0.6 is 11.8 Å². The van der Waals surface area contributed by atoms with Gasteiger partial charge >= 0.3 is 0 Å². The first-order valence-corrected chi connectivity index (χ1v) is 15.7. The molecule has 0 aromatic heterocycles. The number of nitrogens with zero attached hydrogens (tertiary/aromatic N) is 3. The van der Waals surface area contributed by atoms with Gasteiger partial charge in [-0.15, -0.1) is 24.9 Å². The number of aliphatic hydroxyl groups excluding tert-OH is 1. The molecule has 6 atom stereocenters. The number of rotatable bonds is 12. The Labute approximate surface area is 253 Å². The van der Waals surface area contributed by atoms with E-state index >= 15 is 0 Å². The van der Waals surface area contributed by atoms with Crippen molar-refractivity contribution in [2.45, 2.75) is 61.2 Å². The molecule has 7 nitrogen and oxygen atoms in total. The molecular weight excluding hydrogens is 546 g/mol. The topological polar surface area (TPSA) is 81.2 Å². The molecule has 3 heterocycles. The smallest absolute Gasteiger partial charge is 0.247 e. The van der Waals surface area contributed by atoms with Crippen molar-refractivity contribution in [3.05, 3.63) is 91.5 Å². The van der Waals surface area contributed by atoms with E-state index < -0.39 is 28.7 Å². The fourth-order valence-corrected chi connectivity index (χ4v) is 9.47. The molecule has 1 N–H and O–H groups in total. The molecule has 42 heavy (non-hydrogen) atoms. The maximum atomic E-state index is 14.7. The zero-order valence-electron chi connectivity index (χ0n) is 24.5. The van der Waals surface area contributed by atoms with Crippen LogP contribution in [0, 0.1) is 11.8 Å². The molecule has 2 bridgehead atoms. The summed E-state index contributed by atoms with van der Waals surface area (Å²) < 4.78 is -0.742. The highest BCUT2D eigenvalue weighted by molar-refractivity contribution is 8.02. The van der Waals surface area contributed by atoms with E-state index in [1.807, 2.05) is 74.5 Å². The van der Waals surface area contributed by atoms with Gasteiger partial charge in [0, 0.05) is 30.1 Å². The van der Waals surface area contributed by atoms with Gasteiger partial charge in [0.1, 0.15) is 6.04 Å². The van der Waals surface area contributed by atoms with Crippen molar-refractivity contribution in [2.75, 3.05) is 24.6 Å². The number of thioether (sulfide) groups is 1. The number of fused-ring (bicyclic) bond motifs is 1. The Balaban J connectivity index is 1.59. The van der Waals surface area contributed by atoms with Gasteiger partial charge in [0.05, 0.1) is 29.2 Å². The number of hydrogen-bond donors (Lipinski definition) is 1. The Bertz CT molecular complexity index is 1320. The van der Waals surface area contributed by atoms with Crippen LogP contribution in [0.3, 0.4) is 0 Å². The van der Waals surface area contributed by atoms with E-state index in [0.29, 0.717) is 25.9 Å². The Morgan fingerprint density at radius 2 is 1.69 bits per heavy atom. The first-order valence-electron chi connectivity index (χ1n) is 14.8. The second-order valence-electron chi connectivity index (χ2n) is 11.8. The van der Waals surface area contributed by atoms with Crippen molar-refractivity contribution in [1.82, 2.24) is 9.80 Å². The third-order valence-corrected chi connectivity index (χ3v) is 11.0. The normalized spacial score (nSPS) is 26.7. The van der Waals surface area contributed by atoms with Crippen molar-refractivity contribution in [3.8, 4) is 0 Å². The van der Waals surface area contributed by atoms with Gasteiger partial charge in [-0.25, -0.2) is 0 Å². The molecule has 3 aliphatic heterocycles. The van der Waals surface area contributed by atoms with E-state index in [0.717, 1.165) is 17.7 Å². The van der Waals surface area contributed by atoms with Gasteiger partial charge in [0.25, 0.3) is 0 Å². The van der Waals surface area contributed by atoms with Crippen LogP contribution in [0.25, 0.3) is 0 Å². The lowest BCUT2D eigenvalue weighted by molar-refractivity contribution is -0.146. The SMILES string of the molecule is C=CCN(C(=O)[C@@H]1[C@@H]2CCC3(S2)C(C(=O)N(CC=C)C(C)C)N([C@@H](CO)Cc2ccccc2)C(=O)[C@H]13)c1ccccc1. The van der Waals surface area contributed by atoms with Gasteiger partial charge in [-0.3, -0.25) is 14.4 Å². The minimum atomic E-state index is -0.782. The highest BCUT2D eigenvalue weighted by Crippen LogP contribution is 2.67. The molecule has 5 rings (SSSR count). The molecule has 2 unspecified atom stereocenters. The Hall–Kier alpha value is -3.36. The lowest BCUT2D eigenvalue weighted by atomic mass is 9.70.